The number of carbonyl (C=O) groups is 1. The first-order valence-electron chi connectivity index (χ1n) is 4.99. The summed E-state index contributed by atoms with van der Waals surface area (Å²) in [5.41, 5.74) is 1.02. The van der Waals surface area contributed by atoms with Crippen LogP contribution in [0.3, 0.4) is 0 Å². The molecule has 1 aromatic rings. The van der Waals surface area contributed by atoms with Crippen molar-refractivity contribution in [2.75, 3.05) is 12.3 Å². The minimum absolute atomic E-state index is 0.0288. The number of nitrogens with zero attached hydrogens (tertiary/aromatic N) is 1. The minimum atomic E-state index is -0.0288. The Morgan fingerprint density at radius 2 is 2.12 bits per heavy atom. The van der Waals surface area contributed by atoms with Crippen LogP contribution in [0, 0.1) is 0 Å². The molecule has 16 heavy (non-hydrogen) atoms. The quantitative estimate of drug-likeness (QED) is 0.593. The molecule has 1 fully saturated rings. The van der Waals surface area contributed by atoms with E-state index in [1.807, 2.05) is 36.4 Å². The van der Waals surface area contributed by atoms with Crippen LogP contribution < -0.4 is 0 Å². The standard InChI is InChI=1S/C12H11NOS2/c14-11(13-8-9-16-12(13)15)7-6-10-4-2-1-3-5-10/h1-7H,8-9H2. The van der Waals surface area contributed by atoms with Gasteiger partial charge < -0.3 is 0 Å². The smallest absolute Gasteiger partial charge is 0.252 e. The molecule has 0 bridgehead atoms. The predicted octanol–water partition coefficient (Wildman–Crippen LogP) is 2.56. The highest BCUT2D eigenvalue weighted by molar-refractivity contribution is 8.23. The zero-order valence-electron chi connectivity index (χ0n) is 8.63. The summed E-state index contributed by atoms with van der Waals surface area (Å²) in [6, 6.07) is 9.76. The van der Waals surface area contributed by atoms with Crippen LogP contribution >= 0.6 is 24.0 Å². The van der Waals surface area contributed by atoms with Crippen molar-refractivity contribution in [2.45, 2.75) is 0 Å². The molecule has 0 saturated carbocycles. The molecule has 2 rings (SSSR count). The molecule has 0 N–H and O–H groups in total. The molecular weight excluding hydrogens is 238 g/mol. The van der Waals surface area contributed by atoms with Gasteiger partial charge in [0.1, 0.15) is 4.32 Å². The third-order valence-corrected chi connectivity index (χ3v) is 3.67. The summed E-state index contributed by atoms with van der Waals surface area (Å²) >= 11 is 6.64. The predicted molar refractivity (Wildman–Crippen MR) is 72.2 cm³/mol. The molecule has 4 heteroatoms. The van der Waals surface area contributed by atoms with Crippen LogP contribution in [0.25, 0.3) is 6.08 Å². The van der Waals surface area contributed by atoms with Crippen molar-refractivity contribution < 1.29 is 4.79 Å². The Bertz CT molecular complexity index is 428. The molecule has 0 unspecified atom stereocenters. The van der Waals surface area contributed by atoms with Crippen molar-refractivity contribution in [3.63, 3.8) is 0 Å². The van der Waals surface area contributed by atoms with Crippen molar-refractivity contribution in [1.82, 2.24) is 4.90 Å². The van der Waals surface area contributed by atoms with E-state index in [0.717, 1.165) is 17.9 Å². The first-order chi connectivity index (χ1) is 7.77. The van der Waals surface area contributed by atoms with Crippen LogP contribution in [-0.4, -0.2) is 27.4 Å². The maximum atomic E-state index is 11.8. The van der Waals surface area contributed by atoms with E-state index in [4.69, 9.17) is 12.2 Å². The van der Waals surface area contributed by atoms with Gasteiger partial charge in [-0.05, 0) is 11.6 Å². The van der Waals surface area contributed by atoms with Crippen molar-refractivity contribution in [2.24, 2.45) is 0 Å². The van der Waals surface area contributed by atoms with Gasteiger partial charge in [0.25, 0.3) is 5.91 Å². The number of hydrogen-bond donors (Lipinski definition) is 0. The lowest BCUT2D eigenvalue weighted by atomic mass is 10.2. The van der Waals surface area contributed by atoms with Gasteiger partial charge in [-0.3, -0.25) is 9.69 Å². The van der Waals surface area contributed by atoms with Crippen LogP contribution in [-0.2, 0) is 4.79 Å². The molecule has 0 atom stereocenters. The minimum Gasteiger partial charge on any atom is -0.293 e. The van der Waals surface area contributed by atoms with Crippen LogP contribution in [0.5, 0.6) is 0 Å². The molecule has 1 aliphatic heterocycles. The molecule has 0 aromatic heterocycles. The van der Waals surface area contributed by atoms with Crippen molar-refractivity contribution >= 4 is 40.3 Å². The Balaban J connectivity index is 2.02. The van der Waals surface area contributed by atoms with E-state index >= 15 is 0 Å². The van der Waals surface area contributed by atoms with Gasteiger partial charge >= 0.3 is 0 Å². The van der Waals surface area contributed by atoms with Crippen LogP contribution in [0.4, 0.5) is 0 Å². The van der Waals surface area contributed by atoms with E-state index in [1.54, 1.807) is 22.7 Å². The highest BCUT2D eigenvalue weighted by Crippen LogP contribution is 2.18. The zero-order valence-corrected chi connectivity index (χ0v) is 10.3. The molecule has 1 aromatic carbocycles. The van der Waals surface area contributed by atoms with Gasteiger partial charge in [0.2, 0.25) is 0 Å². The highest BCUT2D eigenvalue weighted by Gasteiger charge is 2.21. The lowest BCUT2D eigenvalue weighted by Crippen LogP contribution is -2.28. The Kier molecular flexibility index (Phi) is 3.74. The van der Waals surface area contributed by atoms with Gasteiger partial charge in [0, 0.05) is 18.4 Å². The number of benzene rings is 1. The molecule has 2 nitrogen and oxygen atoms in total. The lowest BCUT2D eigenvalue weighted by molar-refractivity contribution is -0.121. The molecule has 0 aliphatic carbocycles. The summed E-state index contributed by atoms with van der Waals surface area (Å²) in [5, 5.41) is 0. The second-order valence-electron chi connectivity index (χ2n) is 3.35. The molecule has 82 valence electrons. The van der Waals surface area contributed by atoms with Crippen molar-refractivity contribution in [3.8, 4) is 0 Å². The van der Waals surface area contributed by atoms with Crippen LogP contribution in [0.2, 0.25) is 0 Å². The summed E-state index contributed by atoms with van der Waals surface area (Å²) in [4.78, 5) is 13.4. The van der Waals surface area contributed by atoms with E-state index in [2.05, 4.69) is 0 Å². The summed E-state index contributed by atoms with van der Waals surface area (Å²) in [5.74, 6) is 0.878. The average molecular weight is 249 g/mol. The lowest BCUT2D eigenvalue weighted by Gasteiger charge is -2.11. The summed E-state index contributed by atoms with van der Waals surface area (Å²) < 4.78 is 0.683. The first-order valence-corrected chi connectivity index (χ1v) is 6.38. The fraction of sp³-hybridized carbons (Fsp3) is 0.167. The number of amides is 1. The zero-order chi connectivity index (χ0) is 11.4. The van der Waals surface area contributed by atoms with Gasteiger partial charge in [0.15, 0.2) is 0 Å². The SMILES string of the molecule is O=C(C=Cc1ccccc1)N1CCSC1=S. The van der Waals surface area contributed by atoms with Crippen molar-refractivity contribution in [3.05, 3.63) is 42.0 Å². The Morgan fingerprint density at radius 1 is 1.38 bits per heavy atom. The van der Waals surface area contributed by atoms with E-state index in [-0.39, 0.29) is 5.91 Å². The van der Waals surface area contributed by atoms with Gasteiger partial charge in [-0.2, -0.15) is 0 Å². The second-order valence-corrected chi connectivity index (χ2v) is 5.08. The Labute approximate surface area is 104 Å². The van der Waals surface area contributed by atoms with Gasteiger partial charge in [-0.15, -0.1) is 0 Å². The van der Waals surface area contributed by atoms with Gasteiger partial charge in [0.05, 0.1) is 0 Å². The number of carbonyl (C=O) groups excluding carboxylic acids is 1. The topological polar surface area (TPSA) is 20.3 Å². The maximum Gasteiger partial charge on any atom is 0.252 e. The van der Waals surface area contributed by atoms with Crippen LogP contribution in [0.1, 0.15) is 5.56 Å². The maximum absolute atomic E-state index is 11.8. The first kappa shape index (κ1) is 11.4. The molecule has 1 heterocycles. The second kappa shape index (κ2) is 5.27. The third kappa shape index (κ3) is 2.71. The molecular formula is C12H11NOS2. The number of rotatable bonds is 2. The normalized spacial score (nSPS) is 16.0. The van der Waals surface area contributed by atoms with E-state index in [1.165, 1.54) is 0 Å². The Hall–Kier alpha value is -1.13. The molecule has 1 amide bonds. The fourth-order valence-electron chi connectivity index (χ4n) is 1.42. The molecule has 1 aliphatic rings. The van der Waals surface area contributed by atoms with Gasteiger partial charge in [-0.25, -0.2) is 0 Å². The summed E-state index contributed by atoms with van der Waals surface area (Å²) in [7, 11) is 0. The van der Waals surface area contributed by atoms with E-state index < -0.39 is 0 Å². The van der Waals surface area contributed by atoms with E-state index in [9.17, 15) is 4.79 Å². The largest absolute Gasteiger partial charge is 0.293 e. The number of thioether (sulfide) groups is 1. The summed E-state index contributed by atoms with van der Waals surface area (Å²) in [6.07, 6.45) is 3.39. The number of hydrogen-bond acceptors (Lipinski definition) is 3. The van der Waals surface area contributed by atoms with E-state index in [0.29, 0.717) is 4.32 Å². The van der Waals surface area contributed by atoms with Crippen molar-refractivity contribution in [1.29, 1.82) is 0 Å². The highest BCUT2D eigenvalue weighted by atomic mass is 32.2. The van der Waals surface area contributed by atoms with Crippen LogP contribution in [0.15, 0.2) is 36.4 Å². The Morgan fingerprint density at radius 3 is 2.75 bits per heavy atom. The number of thiocarbonyl (C=S) groups is 1. The van der Waals surface area contributed by atoms with Gasteiger partial charge in [-0.1, -0.05) is 54.3 Å². The molecule has 0 radical (unpaired) electrons. The monoisotopic (exact) mass is 249 g/mol. The fourth-order valence-corrected chi connectivity index (χ4v) is 2.63. The third-order valence-electron chi connectivity index (χ3n) is 2.24. The molecule has 0 spiro atoms. The summed E-state index contributed by atoms with van der Waals surface area (Å²) in [6.45, 7) is 0.724. The molecule has 1 saturated heterocycles. The average Bonchev–Trinajstić information content (AvgIpc) is 2.74.